The SMILES string of the molecule is CN1/C(=C(/C#N)c2nc(C#N)c(C#N)nc2N2CCCC2)Nc2ccccc21. The van der Waals surface area contributed by atoms with Gasteiger partial charge in [-0.15, -0.1) is 0 Å². The van der Waals surface area contributed by atoms with Gasteiger partial charge in [0.1, 0.15) is 35.3 Å². The third-order valence-electron chi connectivity index (χ3n) is 4.93. The second kappa shape index (κ2) is 6.90. The van der Waals surface area contributed by atoms with Gasteiger partial charge in [0.15, 0.2) is 17.2 Å². The molecule has 2 aromatic rings. The second-order valence-electron chi connectivity index (χ2n) is 6.55. The normalized spacial score (nSPS) is 16.6. The van der Waals surface area contributed by atoms with Crippen LogP contribution in [0.4, 0.5) is 17.2 Å². The molecule has 0 amide bonds. The van der Waals surface area contributed by atoms with E-state index in [0.29, 0.717) is 17.3 Å². The fourth-order valence-corrected chi connectivity index (χ4v) is 3.55. The van der Waals surface area contributed by atoms with Crippen molar-refractivity contribution in [2.75, 3.05) is 35.3 Å². The lowest BCUT2D eigenvalue weighted by Gasteiger charge is -2.21. The van der Waals surface area contributed by atoms with Gasteiger partial charge in [-0.1, -0.05) is 12.1 Å². The van der Waals surface area contributed by atoms with Crippen molar-refractivity contribution >= 4 is 22.8 Å². The molecule has 4 rings (SSSR count). The van der Waals surface area contributed by atoms with Gasteiger partial charge in [-0.2, -0.15) is 15.8 Å². The van der Waals surface area contributed by atoms with Crippen LogP contribution >= 0.6 is 0 Å². The summed E-state index contributed by atoms with van der Waals surface area (Å²) in [6, 6.07) is 13.8. The molecule has 0 bridgehead atoms. The Balaban J connectivity index is 1.93. The summed E-state index contributed by atoms with van der Waals surface area (Å²) in [7, 11) is 1.86. The molecule has 1 N–H and O–H groups in total. The minimum atomic E-state index is -0.0769. The molecule has 1 aromatic carbocycles. The standard InChI is InChI=1S/C20H16N8/c1-27-17-7-3-2-6-14(17)25-19(27)13(10-21)18-20(28-8-4-5-9-28)26-16(12-23)15(11-22)24-18/h2-3,6-7,25H,4-5,8-9H2,1H3/b19-13-. The Morgan fingerprint density at radius 2 is 1.71 bits per heavy atom. The number of hydrogen-bond acceptors (Lipinski definition) is 8. The highest BCUT2D eigenvalue weighted by Gasteiger charge is 2.29. The third-order valence-corrected chi connectivity index (χ3v) is 4.93. The molecule has 3 heterocycles. The van der Waals surface area contributed by atoms with Crippen molar-refractivity contribution in [2.45, 2.75) is 12.8 Å². The summed E-state index contributed by atoms with van der Waals surface area (Å²) in [6.45, 7) is 1.55. The maximum absolute atomic E-state index is 9.99. The molecule has 0 atom stereocenters. The highest BCUT2D eigenvalue weighted by atomic mass is 15.3. The molecule has 2 aliphatic heterocycles. The molecular weight excluding hydrogens is 352 g/mol. The molecule has 0 spiro atoms. The lowest BCUT2D eigenvalue weighted by atomic mass is 10.1. The molecule has 0 unspecified atom stereocenters. The van der Waals surface area contributed by atoms with E-state index in [1.54, 1.807) is 0 Å². The minimum Gasteiger partial charge on any atom is -0.355 e. The Bertz CT molecular complexity index is 1110. The molecular formula is C20H16N8. The molecule has 2 aliphatic rings. The summed E-state index contributed by atoms with van der Waals surface area (Å²) >= 11 is 0. The van der Waals surface area contributed by atoms with Gasteiger partial charge in [-0.3, -0.25) is 0 Å². The molecule has 28 heavy (non-hydrogen) atoms. The number of fused-ring (bicyclic) bond motifs is 1. The van der Waals surface area contributed by atoms with Crippen LogP contribution in [-0.2, 0) is 0 Å². The first-order chi connectivity index (χ1) is 13.7. The number of hydrogen-bond donors (Lipinski definition) is 1. The predicted molar refractivity (Wildman–Crippen MR) is 104 cm³/mol. The first kappa shape index (κ1) is 17.3. The van der Waals surface area contributed by atoms with Crippen molar-refractivity contribution in [3.8, 4) is 18.2 Å². The van der Waals surface area contributed by atoms with Crippen molar-refractivity contribution in [1.29, 1.82) is 15.8 Å². The fraction of sp³-hybridized carbons (Fsp3) is 0.250. The van der Waals surface area contributed by atoms with Crippen molar-refractivity contribution in [3.63, 3.8) is 0 Å². The van der Waals surface area contributed by atoms with Crippen LogP contribution in [0.5, 0.6) is 0 Å². The van der Waals surface area contributed by atoms with Crippen LogP contribution < -0.4 is 15.1 Å². The summed E-state index contributed by atoms with van der Waals surface area (Å²) in [5.74, 6) is 1.05. The molecule has 1 fully saturated rings. The molecule has 136 valence electrons. The van der Waals surface area contributed by atoms with Crippen molar-refractivity contribution in [1.82, 2.24) is 9.97 Å². The highest BCUT2D eigenvalue weighted by molar-refractivity contribution is 5.92. The third kappa shape index (κ3) is 2.67. The van der Waals surface area contributed by atoms with Crippen LogP contribution in [0.15, 0.2) is 30.1 Å². The van der Waals surface area contributed by atoms with Gasteiger partial charge in [0, 0.05) is 20.1 Å². The summed E-state index contributed by atoms with van der Waals surface area (Å²) in [5.41, 5.74) is 2.34. The minimum absolute atomic E-state index is 0.0218. The lowest BCUT2D eigenvalue weighted by molar-refractivity contribution is 0.912. The average molecular weight is 368 g/mol. The van der Waals surface area contributed by atoms with Gasteiger partial charge in [-0.05, 0) is 25.0 Å². The second-order valence-corrected chi connectivity index (χ2v) is 6.55. The number of allylic oxidation sites excluding steroid dienone is 1. The van der Waals surface area contributed by atoms with Crippen LogP contribution in [0, 0.1) is 34.0 Å². The van der Waals surface area contributed by atoms with E-state index >= 15 is 0 Å². The summed E-state index contributed by atoms with van der Waals surface area (Å²) in [4.78, 5) is 12.7. The first-order valence-corrected chi connectivity index (χ1v) is 8.89. The predicted octanol–water partition coefficient (Wildman–Crippen LogP) is 2.57. The Morgan fingerprint density at radius 1 is 1.04 bits per heavy atom. The number of rotatable bonds is 2. The Kier molecular flexibility index (Phi) is 4.27. The van der Waals surface area contributed by atoms with E-state index in [2.05, 4.69) is 21.4 Å². The first-order valence-electron chi connectivity index (χ1n) is 8.89. The van der Waals surface area contributed by atoms with E-state index in [4.69, 9.17) is 0 Å². The molecule has 0 saturated carbocycles. The van der Waals surface area contributed by atoms with Crippen molar-refractivity contribution < 1.29 is 0 Å². The van der Waals surface area contributed by atoms with E-state index in [1.807, 2.05) is 53.3 Å². The molecule has 0 radical (unpaired) electrons. The van der Waals surface area contributed by atoms with E-state index in [0.717, 1.165) is 37.3 Å². The van der Waals surface area contributed by atoms with Crippen molar-refractivity contribution in [2.24, 2.45) is 0 Å². The van der Waals surface area contributed by atoms with E-state index in [-0.39, 0.29) is 17.0 Å². The average Bonchev–Trinajstić information content (AvgIpc) is 3.37. The molecule has 8 nitrogen and oxygen atoms in total. The van der Waals surface area contributed by atoms with Crippen LogP contribution in [0.3, 0.4) is 0 Å². The Morgan fingerprint density at radius 3 is 2.36 bits per heavy atom. The number of nitrogens with zero attached hydrogens (tertiary/aromatic N) is 7. The molecule has 1 aromatic heterocycles. The van der Waals surface area contributed by atoms with Crippen LogP contribution in [0.2, 0.25) is 0 Å². The summed E-state index contributed by atoms with van der Waals surface area (Å²) in [5, 5.41) is 32.0. The maximum Gasteiger partial charge on any atom is 0.179 e. The number of nitriles is 3. The van der Waals surface area contributed by atoms with Crippen LogP contribution in [0.1, 0.15) is 29.9 Å². The van der Waals surface area contributed by atoms with Gasteiger partial charge >= 0.3 is 0 Å². The highest BCUT2D eigenvalue weighted by Crippen LogP contribution is 2.39. The number of aromatic nitrogens is 2. The van der Waals surface area contributed by atoms with Gasteiger partial charge < -0.3 is 15.1 Å². The van der Waals surface area contributed by atoms with Gasteiger partial charge in [-0.25, -0.2) is 9.97 Å². The van der Waals surface area contributed by atoms with Crippen LogP contribution in [0.25, 0.3) is 5.57 Å². The Labute approximate surface area is 162 Å². The number of para-hydroxylation sites is 2. The summed E-state index contributed by atoms with van der Waals surface area (Å²) in [6.07, 6.45) is 2.01. The van der Waals surface area contributed by atoms with Crippen molar-refractivity contribution in [3.05, 3.63) is 47.2 Å². The zero-order valence-corrected chi connectivity index (χ0v) is 15.3. The molecule has 1 saturated heterocycles. The van der Waals surface area contributed by atoms with Gasteiger partial charge in [0.2, 0.25) is 0 Å². The Hall–Kier alpha value is -4.09. The van der Waals surface area contributed by atoms with E-state index in [1.165, 1.54) is 0 Å². The number of anilines is 3. The summed E-state index contributed by atoms with van der Waals surface area (Å²) < 4.78 is 0. The topological polar surface area (TPSA) is 116 Å². The van der Waals surface area contributed by atoms with Gasteiger partial charge in [0.05, 0.1) is 11.4 Å². The van der Waals surface area contributed by atoms with E-state index in [9.17, 15) is 15.8 Å². The molecule has 8 heteroatoms. The quantitative estimate of drug-likeness (QED) is 0.804. The van der Waals surface area contributed by atoms with E-state index < -0.39 is 0 Å². The maximum atomic E-state index is 9.99. The number of benzene rings is 1. The monoisotopic (exact) mass is 368 g/mol. The zero-order chi connectivity index (χ0) is 19.7. The fourth-order valence-electron chi connectivity index (χ4n) is 3.55. The van der Waals surface area contributed by atoms with Gasteiger partial charge in [0.25, 0.3) is 0 Å². The lowest BCUT2D eigenvalue weighted by Crippen LogP contribution is -2.24. The number of nitrogens with one attached hydrogen (secondary N) is 1. The zero-order valence-electron chi connectivity index (χ0n) is 15.3. The van der Waals surface area contributed by atoms with Crippen LogP contribution in [-0.4, -0.2) is 30.1 Å². The molecule has 0 aliphatic carbocycles. The smallest absolute Gasteiger partial charge is 0.179 e. The largest absolute Gasteiger partial charge is 0.355 e.